The number of allylic oxidation sites excluding steroid dienone is 4. The minimum absolute atomic E-state index is 0.00334. The molecule has 0 saturated carbocycles. The molecule has 0 amide bonds. The van der Waals surface area contributed by atoms with Crippen molar-refractivity contribution in [1.82, 2.24) is 15.0 Å². The number of halogens is 4. The molecule has 11 heteroatoms. The van der Waals surface area contributed by atoms with Gasteiger partial charge >= 0.3 is 6.18 Å². The van der Waals surface area contributed by atoms with Gasteiger partial charge in [0.05, 0.1) is 11.2 Å². The molecule has 2 atom stereocenters. The van der Waals surface area contributed by atoms with Gasteiger partial charge in [-0.2, -0.15) is 18.2 Å². The van der Waals surface area contributed by atoms with Gasteiger partial charge in [0.15, 0.2) is 10.7 Å². The zero-order valence-corrected chi connectivity index (χ0v) is 26.3. The molecule has 0 N–H and O–H groups in total. The van der Waals surface area contributed by atoms with Crippen molar-refractivity contribution in [3.63, 3.8) is 0 Å². The molecule has 0 aliphatic carbocycles. The fourth-order valence-corrected chi connectivity index (χ4v) is 5.36. The third kappa shape index (κ3) is 9.68. The van der Waals surface area contributed by atoms with E-state index in [1.54, 1.807) is 11.0 Å². The Labute approximate surface area is 247 Å². The first-order valence-corrected chi connectivity index (χ1v) is 15.7. The molecule has 0 spiro atoms. The fourth-order valence-electron chi connectivity index (χ4n) is 4.68. The number of alkyl halides is 3. The van der Waals surface area contributed by atoms with Crippen molar-refractivity contribution in [1.29, 1.82) is 0 Å². The van der Waals surface area contributed by atoms with Crippen molar-refractivity contribution in [2.45, 2.75) is 92.3 Å². The number of rotatable bonds is 11. The van der Waals surface area contributed by atoms with Gasteiger partial charge in [0.2, 0.25) is 5.95 Å². The average Bonchev–Trinajstić information content (AvgIpc) is 3.37. The van der Waals surface area contributed by atoms with Crippen LogP contribution in [0.3, 0.4) is 0 Å². The summed E-state index contributed by atoms with van der Waals surface area (Å²) in [6, 6.07) is 1.98. The Balaban J connectivity index is 0.00000287. The molecule has 2 aromatic rings. The standard InChI is InChI=1S/C28H40F4N6S.C2H6/c1-6-9-22(29)11-10-20(4)23-18-24(35-27(34-23)37(13-7-2)14-8-3)38-17-16-36(15-12-21(38)5)26-25(28(30,31)32)39-19-33-26;1-2/h9-11,18-21H,6-8,12-17H2,1-5H3;1-2H3/b11-10-,22-9+;. The number of aromatic nitrogens is 3. The van der Waals surface area contributed by atoms with E-state index < -0.39 is 11.1 Å². The van der Waals surface area contributed by atoms with E-state index in [9.17, 15) is 17.6 Å². The fraction of sp³-hybridized carbons (Fsp3) is 0.633. The van der Waals surface area contributed by atoms with Gasteiger partial charge in [0.25, 0.3) is 0 Å². The normalized spacial score (nSPS) is 17.3. The summed E-state index contributed by atoms with van der Waals surface area (Å²) < 4.78 is 54.7. The van der Waals surface area contributed by atoms with Crippen LogP contribution < -0.4 is 14.7 Å². The van der Waals surface area contributed by atoms with Crippen molar-refractivity contribution in [2.75, 3.05) is 47.4 Å². The van der Waals surface area contributed by atoms with Crippen molar-refractivity contribution >= 4 is 28.9 Å². The molecule has 2 unspecified atom stereocenters. The molecule has 3 rings (SSSR count). The molecule has 41 heavy (non-hydrogen) atoms. The minimum Gasteiger partial charge on any atom is -0.354 e. The second-order valence-electron chi connectivity index (χ2n) is 9.90. The summed E-state index contributed by atoms with van der Waals surface area (Å²) in [6.45, 7) is 17.1. The first-order chi connectivity index (χ1) is 19.6. The van der Waals surface area contributed by atoms with Gasteiger partial charge < -0.3 is 14.7 Å². The van der Waals surface area contributed by atoms with Gasteiger partial charge in [-0.1, -0.05) is 47.6 Å². The topological polar surface area (TPSA) is 48.4 Å². The molecule has 2 aromatic heterocycles. The Bertz CT molecular complexity index is 1110. The first kappa shape index (κ1) is 34.5. The first-order valence-electron chi connectivity index (χ1n) is 14.8. The second-order valence-corrected chi connectivity index (χ2v) is 10.8. The average molecular weight is 599 g/mol. The van der Waals surface area contributed by atoms with E-state index >= 15 is 0 Å². The monoisotopic (exact) mass is 598 g/mol. The predicted molar refractivity (Wildman–Crippen MR) is 164 cm³/mol. The highest BCUT2D eigenvalue weighted by atomic mass is 32.1. The maximum Gasteiger partial charge on any atom is 0.429 e. The van der Waals surface area contributed by atoms with Gasteiger partial charge in [0.1, 0.15) is 11.6 Å². The Kier molecular flexibility index (Phi) is 14.0. The molecule has 230 valence electrons. The minimum atomic E-state index is -4.43. The van der Waals surface area contributed by atoms with Crippen LogP contribution >= 0.6 is 11.3 Å². The SMILES string of the molecule is CC.CC/C=C(F)\C=C/C(C)c1cc(N2CCN(c3ncsc3C(F)(F)F)CCC2C)nc(N(CCC)CCC)n1. The molecule has 0 aromatic carbocycles. The van der Waals surface area contributed by atoms with Crippen LogP contribution in [0.5, 0.6) is 0 Å². The van der Waals surface area contributed by atoms with Crippen molar-refractivity contribution in [2.24, 2.45) is 0 Å². The maximum atomic E-state index is 14.1. The van der Waals surface area contributed by atoms with Gasteiger partial charge in [-0.25, -0.2) is 14.4 Å². The molecule has 1 aliphatic heterocycles. The quantitative estimate of drug-likeness (QED) is 0.191. The highest BCUT2D eigenvalue weighted by Gasteiger charge is 2.38. The van der Waals surface area contributed by atoms with Crippen molar-refractivity contribution < 1.29 is 17.6 Å². The number of thiazole rings is 1. The van der Waals surface area contributed by atoms with Crippen molar-refractivity contribution in [3.8, 4) is 0 Å². The Morgan fingerprint density at radius 2 is 1.80 bits per heavy atom. The smallest absolute Gasteiger partial charge is 0.354 e. The Hall–Kier alpha value is -2.69. The van der Waals surface area contributed by atoms with E-state index in [2.05, 4.69) is 35.6 Å². The van der Waals surface area contributed by atoms with E-state index in [-0.39, 0.29) is 23.6 Å². The largest absolute Gasteiger partial charge is 0.429 e. The summed E-state index contributed by atoms with van der Waals surface area (Å²) in [5.74, 6) is 0.932. The molecule has 0 radical (unpaired) electrons. The lowest BCUT2D eigenvalue weighted by Crippen LogP contribution is -2.36. The highest BCUT2D eigenvalue weighted by Crippen LogP contribution is 2.39. The maximum absolute atomic E-state index is 14.1. The van der Waals surface area contributed by atoms with Crippen LogP contribution in [0, 0.1) is 0 Å². The van der Waals surface area contributed by atoms with Gasteiger partial charge in [0, 0.05) is 50.7 Å². The van der Waals surface area contributed by atoms with Gasteiger partial charge in [-0.3, -0.25) is 0 Å². The second kappa shape index (κ2) is 16.7. The number of hydrogen-bond donors (Lipinski definition) is 0. The molecule has 1 fully saturated rings. The number of hydrogen-bond acceptors (Lipinski definition) is 7. The zero-order valence-electron chi connectivity index (χ0n) is 25.5. The molecule has 1 aliphatic rings. The van der Waals surface area contributed by atoms with Crippen LogP contribution in [0.2, 0.25) is 0 Å². The molecule has 3 heterocycles. The van der Waals surface area contributed by atoms with E-state index in [0.717, 1.165) is 37.4 Å². The van der Waals surface area contributed by atoms with Gasteiger partial charge in [-0.05, 0) is 44.8 Å². The van der Waals surface area contributed by atoms with E-state index in [1.165, 1.54) is 17.7 Å². The number of anilines is 3. The Morgan fingerprint density at radius 1 is 1.12 bits per heavy atom. The summed E-state index contributed by atoms with van der Waals surface area (Å²) in [7, 11) is 0. The van der Waals surface area contributed by atoms with E-state index in [4.69, 9.17) is 9.97 Å². The molecular formula is C30H46F4N6S. The summed E-state index contributed by atoms with van der Waals surface area (Å²) in [5, 5.41) is 0. The summed E-state index contributed by atoms with van der Waals surface area (Å²) in [6.07, 6.45) is 3.53. The van der Waals surface area contributed by atoms with Crippen LogP contribution in [-0.4, -0.2) is 53.7 Å². The third-order valence-corrected chi connectivity index (χ3v) is 7.62. The highest BCUT2D eigenvalue weighted by molar-refractivity contribution is 7.10. The predicted octanol–water partition coefficient (Wildman–Crippen LogP) is 8.63. The van der Waals surface area contributed by atoms with Crippen molar-refractivity contribution in [3.05, 3.63) is 46.2 Å². The van der Waals surface area contributed by atoms with Crippen LogP contribution in [0.1, 0.15) is 90.6 Å². The summed E-state index contributed by atoms with van der Waals surface area (Å²) in [5.41, 5.74) is 2.04. The lowest BCUT2D eigenvalue weighted by Gasteiger charge is -2.30. The van der Waals surface area contributed by atoms with E-state index in [0.29, 0.717) is 49.8 Å². The summed E-state index contributed by atoms with van der Waals surface area (Å²) in [4.78, 5) is 19.3. The molecule has 0 bridgehead atoms. The van der Waals surface area contributed by atoms with Gasteiger partial charge in [-0.15, -0.1) is 11.3 Å². The van der Waals surface area contributed by atoms with Crippen LogP contribution in [0.25, 0.3) is 0 Å². The van der Waals surface area contributed by atoms with Crippen LogP contribution in [0.15, 0.2) is 35.6 Å². The third-order valence-electron chi connectivity index (χ3n) is 6.76. The molecule has 6 nitrogen and oxygen atoms in total. The number of nitrogens with zero attached hydrogens (tertiary/aromatic N) is 6. The van der Waals surface area contributed by atoms with E-state index in [1.807, 2.05) is 33.8 Å². The Morgan fingerprint density at radius 3 is 2.41 bits per heavy atom. The molecular weight excluding hydrogens is 552 g/mol. The zero-order chi connectivity index (χ0) is 30.6. The lowest BCUT2D eigenvalue weighted by molar-refractivity contribution is -0.134. The van der Waals surface area contributed by atoms with Crippen LogP contribution in [0.4, 0.5) is 35.1 Å². The lowest BCUT2D eigenvalue weighted by atomic mass is 10.1. The van der Waals surface area contributed by atoms with Crippen LogP contribution in [-0.2, 0) is 6.18 Å². The molecule has 1 saturated heterocycles. The summed E-state index contributed by atoms with van der Waals surface area (Å²) >= 11 is 0.629.